The van der Waals surface area contributed by atoms with Crippen LogP contribution in [0.3, 0.4) is 0 Å². The van der Waals surface area contributed by atoms with Crippen molar-refractivity contribution >= 4 is 0 Å². The maximum Gasteiger partial charge on any atom is -0.0354 e. The molecule has 0 N–H and O–H groups in total. The van der Waals surface area contributed by atoms with Crippen LogP contribution in [0.25, 0.3) is 0 Å². The third kappa shape index (κ3) is 1.20. The van der Waals surface area contributed by atoms with Crippen molar-refractivity contribution < 1.29 is 0 Å². The van der Waals surface area contributed by atoms with E-state index in [1.807, 2.05) is 0 Å². The Balaban J connectivity index is 1.99. The van der Waals surface area contributed by atoms with Gasteiger partial charge in [0.05, 0.1) is 0 Å². The van der Waals surface area contributed by atoms with Crippen molar-refractivity contribution in [2.45, 2.75) is 47.0 Å². The predicted octanol–water partition coefficient (Wildman–Crippen LogP) is 3.71. The van der Waals surface area contributed by atoms with Crippen molar-refractivity contribution in [2.24, 2.45) is 29.1 Å². The molecule has 0 amide bonds. The van der Waals surface area contributed by atoms with Crippen molar-refractivity contribution in [1.82, 2.24) is 0 Å². The summed E-state index contributed by atoms with van der Waals surface area (Å²) in [6.45, 7) is 9.69. The topological polar surface area (TPSA) is 0 Å². The van der Waals surface area contributed by atoms with Gasteiger partial charge in [0, 0.05) is 0 Å². The number of hydrogen-bond donors (Lipinski definition) is 0. The van der Waals surface area contributed by atoms with E-state index in [2.05, 4.69) is 27.7 Å². The molecule has 2 bridgehead atoms. The average Bonchev–Trinajstić information content (AvgIpc) is 2.02. The number of fused-ring (bicyclic) bond motifs is 2. The summed E-state index contributed by atoms with van der Waals surface area (Å²) in [5.74, 6) is 4.25. The second-order valence-corrected chi connectivity index (χ2v) is 6.15. The molecule has 3 aliphatic rings. The summed E-state index contributed by atoms with van der Waals surface area (Å²) in [6, 6.07) is 0. The highest BCUT2D eigenvalue weighted by atomic mass is 14.5. The minimum absolute atomic E-state index is 0.567. The Kier molecular flexibility index (Phi) is 1.79. The normalized spacial score (nSPS) is 47.0. The van der Waals surface area contributed by atoms with E-state index in [1.54, 1.807) is 6.42 Å². The van der Waals surface area contributed by atoms with Crippen molar-refractivity contribution in [2.75, 3.05) is 0 Å². The molecule has 0 aromatic heterocycles. The van der Waals surface area contributed by atoms with Crippen LogP contribution in [0.5, 0.6) is 0 Å². The minimum atomic E-state index is 0.567. The van der Waals surface area contributed by atoms with Crippen LogP contribution >= 0.6 is 0 Å². The second-order valence-electron chi connectivity index (χ2n) is 6.15. The van der Waals surface area contributed by atoms with Crippen LogP contribution in [0, 0.1) is 29.1 Å². The van der Waals surface area contributed by atoms with Gasteiger partial charge in [-0.25, -0.2) is 0 Å². The third-order valence-corrected chi connectivity index (χ3v) is 4.49. The van der Waals surface area contributed by atoms with E-state index in [1.165, 1.54) is 12.8 Å². The first kappa shape index (κ1) is 8.59. The molecule has 0 heterocycles. The summed E-state index contributed by atoms with van der Waals surface area (Å²) in [6.07, 6.45) is 4.58. The summed E-state index contributed by atoms with van der Waals surface area (Å²) in [5, 5.41) is 0. The van der Waals surface area contributed by atoms with E-state index in [0.29, 0.717) is 5.41 Å². The largest absolute Gasteiger partial charge is 0.0620 e. The summed E-state index contributed by atoms with van der Waals surface area (Å²) in [5.41, 5.74) is 0.567. The minimum Gasteiger partial charge on any atom is -0.0620 e. The molecule has 0 aromatic carbocycles. The van der Waals surface area contributed by atoms with E-state index < -0.39 is 0 Å². The van der Waals surface area contributed by atoms with Gasteiger partial charge in [0.2, 0.25) is 0 Å². The van der Waals surface area contributed by atoms with E-state index in [9.17, 15) is 0 Å². The average molecular weight is 166 g/mol. The van der Waals surface area contributed by atoms with Gasteiger partial charge in [-0.15, -0.1) is 0 Å². The fourth-order valence-corrected chi connectivity index (χ4v) is 3.16. The first-order chi connectivity index (χ1) is 5.48. The molecule has 3 saturated carbocycles. The lowest BCUT2D eigenvalue weighted by molar-refractivity contribution is -0.0408. The lowest BCUT2D eigenvalue weighted by Gasteiger charge is -2.54. The van der Waals surface area contributed by atoms with E-state index in [0.717, 1.165) is 23.7 Å². The fourth-order valence-electron chi connectivity index (χ4n) is 3.16. The van der Waals surface area contributed by atoms with Gasteiger partial charge in [-0.2, -0.15) is 0 Å². The van der Waals surface area contributed by atoms with Crippen LogP contribution in [-0.2, 0) is 0 Å². The molecule has 0 radical (unpaired) electrons. The molecule has 0 aromatic rings. The first-order valence-electron chi connectivity index (χ1n) is 5.48. The molecule has 2 atom stereocenters. The smallest absolute Gasteiger partial charge is 0.0354 e. The molecule has 0 aliphatic heterocycles. The Bertz CT molecular complexity index is 163. The summed E-state index contributed by atoms with van der Waals surface area (Å²) < 4.78 is 0. The first-order valence-corrected chi connectivity index (χ1v) is 5.48. The Labute approximate surface area is 76.7 Å². The van der Waals surface area contributed by atoms with Gasteiger partial charge in [0.25, 0.3) is 0 Å². The van der Waals surface area contributed by atoms with Gasteiger partial charge in [-0.1, -0.05) is 27.7 Å². The van der Waals surface area contributed by atoms with E-state index in [-0.39, 0.29) is 0 Å². The molecule has 12 heavy (non-hydrogen) atoms. The summed E-state index contributed by atoms with van der Waals surface area (Å²) in [4.78, 5) is 0. The Morgan fingerprint density at radius 1 is 0.917 bits per heavy atom. The molecule has 70 valence electrons. The third-order valence-electron chi connectivity index (χ3n) is 4.49. The predicted molar refractivity (Wildman–Crippen MR) is 52.9 cm³/mol. The van der Waals surface area contributed by atoms with Crippen LogP contribution in [0.4, 0.5) is 0 Å². The van der Waals surface area contributed by atoms with Crippen molar-refractivity contribution in [3.05, 3.63) is 0 Å². The molecule has 0 nitrogen and oxygen atoms in total. The summed E-state index contributed by atoms with van der Waals surface area (Å²) in [7, 11) is 0. The van der Waals surface area contributed by atoms with Gasteiger partial charge in [0.15, 0.2) is 0 Å². The van der Waals surface area contributed by atoms with Gasteiger partial charge >= 0.3 is 0 Å². The van der Waals surface area contributed by atoms with E-state index in [4.69, 9.17) is 0 Å². The maximum atomic E-state index is 2.46. The van der Waals surface area contributed by atoms with Crippen LogP contribution < -0.4 is 0 Å². The quantitative estimate of drug-likeness (QED) is 0.514. The highest BCUT2D eigenvalue weighted by Crippen LogP contribution is 2.56. The van der Waals surface area contributed by atoms with Crippen molar-refractivity contribution in [3.63, 3.8) is 0 Å². The zero-order chi connectivity index (χ0) is 8.93. The zero-order valence-corrected chi connectivity index (χ0v) is 8.93. The fraction of sp³-hybridized carbons (Fsp3) is 1.00. The standard InChI is InChI=1S/C12H22/c1-8-9-5-10(8)7-11(6-9)12(2,3)4/h8-11H,5-7H2,1-4H3. The molecule has 0 heteroatoms. The SMILES string of the molecule is CC1C2CC1CC(C(C)(C)C)C2. The van der Waals surface area contributed by atoms with Crippen LogP contribution in [0.15, 0.2) is 0 Å². The molecular weight excluding hydrogens is 144 g/mol. The van der Waals surface area contributed by atoms with Crippen molar-refractivity contribution in [1.29, 1.82) is 0 Å². The zero-order valence-electron chi connectivity index (χ0n) is 8.93. The molecular formula is C12H22. The molecule has 0 saturated heterocycles. The molecule has 3 fully saturated rings. The van der Waals surface area contributed by atoms with Crippen LogP contribution in [-0.4, -0.2) is 0 Å². The molecule has 3 aliphatic carbocycles. The van der Waals surface area contributed by atoms with Gasteiger partial charge in [-0.3, -0.25) is 0 Å². The van der Waals surface area contributed by atoms with Crippen molar-refractivity contribution in [3.8, 4) is 0 Å². The van der Waals surface area contributed by atoms with E-state index >= 15 is 0 Å². The van der Waals surface area contributed by atoms with Crippen LogP contribution in [0.2, 0.25) is 0 Å². The molecule has 2 unspecified atom stereocenters. The second kappa shape index (κ2) is 2.49. The Morgan fingerprint density at radius 2 is 1.42 bits per heavy atom. The molecule has 0 spiro atoms. The monoisotopic (exact) mass is 166 g/mol. The summed E-state index contributed by atoms with van der Waals surface area (Å²) >= 11 is 0. The van der Waals surface area contributed by atoms with Gasteiger partial charge < -0.3 is 0 Å². The van der Waals surface area contributed by atoms with Crippen LogP contribution in [0.1, 0.15) is 47.0 Å². The number of rotatable bonds is 0. The Morgan fingerprint density at radius 3 is 1.75 bits per heavy atom. The lowest BCUT2D eigenvalue weighted by Crippen LogP contribution is -2.45. The highest BCUT2D eigenvalue weighted by Gasteiger charge is 2.46. The lowest BCUT2D eigenvalue weighted by atomic mass is 9.51. The number of hydrogen-bond acceptors (Lipinski definition) is 0. The van der Waals surface area contributed by atoms with Gasteiger partial charge in [0.1, 0.15) is 0 Å². The van der Waals surface area contributed by atoms with Gasteiger partial charge in [-0.05, 0) is 48.3 Å². The molecule has 3 rings (SSSR count). The maximum absolute atomic E-state index is 2.46. The Hall–Kier alpha value is 0. The highest BCUT2D eigenvalue weighted by molar-refractivity contribution is 4.96.